The Balaban J connectivity index is 1.42. The van der Waals surface area contributed by atoms with Gasteiger partial charge in [-0.25, -0.2) is 4.79 Å². The molecule has 10 heteroatoms. The first-order chi connectivity index (χ1) is 18.2. The molecule has 0 radical (unpaired) electrons. The largest absolute Gasteiger partial charge is 0.466 e. The summed E-state index contributed by atoms with van der Waals surface area (Å²) in [4.78, 5) is 44.7. The fourth-order valence-corrected chi connectivity index (χ4v) is 7.78. The number of hydrogen-bond acceptors (Lipinski definition) is 8. The summed E-state index contributed by atoms with van der Waals surface area (Å²) in [7, 11) is 3.03. The molecule has 0 aromatic heterocycles. The highest BCUT2D eigenvalue weighted by atomic mass is 16.7. The molecule has 0 aromatic carbocycles. The Morgan fingerprint density at radius 3 is 2.58 bits per heavy atom. The van der Waals surface area contributed by atoms with Gasteiger partial charge < -0.3 is 31.2 Å². The maximum absolute atomic E-state index is 13.8. The van der Waals surface area contributed by atoms with Crippen LogP contribution in [0.25, 0.3) is 0 Å². The highest BCUT2D eigenvalue weighted by Gasteiger charge is 2.86. The Morgan fingerprint density at radius 1 is 1.16 bits per heavy atom. The molecule has 2 saturated carbocycles. The Hall–Kier alpha value is -2.30. The highest BCUT2D eigenvalue weighted by molar-refractivity contribution is 6.23. The van der Waals surface area contributed by atoms with E-state index in [9.17, 15) is 14.4 Å². The van der Waals surface area contributed by atoms with Gasteiger partial charge in [0.25, 0.3) is 5.60 Å². The van der Waals surface area contributed by atoms with E-state index in [1.165, 1.54) is 7.11 Å². The van der Waals surface area contributed by atoms with Crippen LogP contribution in [0.15, 0.2) is 16.6 Å². The number of nitrogens with one attached hydrogen (secondary N) is 3. The van der Waals surface area contributed by atoms with Gasteiger partial charge in [-0.15, -0.1) is 0 Å². The van der Waals surface area contributed by atoms with Gasteiger partial charge in [0.15, 0.2) is 23.1 Å². The first-order valence-electron chi connectivity index (χ1n) is 14.2. The van der Waals surface area contributed by atoms with Gasteiger partial charge in [-0.2, -0.15) is 0 Å². The number of carbonyl (C=O) groups excluding carboxylic acids is 3. The average Bonchev–Trinajstić information content (AvgIpc) is 3.67. The number of hydrogen-bond donors (Lipinski definition) is 4. The second kappa shape index (κ2) is 10.4. The third-order valence-electron chi connectivity index (χ3n) is 9.75. The number of ketones is 2. The number of aliphatic imine (C=N–C) groups is 1. The number of carbonyl (C=O) groups is 3. The third kappa shape index (κ3) is 4.29. The van der Waals surface area contributed by atoms with Crippen molar-refractivity contribution in [1.82, 2.24) is 16.0 Å². The van der Waals surface area contributed by atoms with Crippen LogP contribution in [0.4, 0.5) is 0 Å². The van der Waals surface area contributed by atoms with Crippen molar-refractivity contribution in [2.45, 2.75) is 94.0 Å². The lowest BCUT2D eigenvalue weighted by Gasteiger charge is -2.45. The molecule has 5 aliphatic rings. The molecule has 3 heterocycles. The predicted octanol–water partition coefficient (Wildman–Crippen LogP) is 1.33. The molecule has 38 heavy (non-hydrogen) atoms. The van der Waals surface area contributed by atoms with E-state index >= 15 is 0 Å². The van der Waals surface area contributed by atoms with Crippen LogP contribution in [0.1, 0.15) is 71.1 Å². The molecule has 4 unspecified atom stereocenters. The van der Waals surface area contributed by atoms with E-state index < -0.39 is 23.1 Å². The van der Waals surface area contributed by atoms with Crippen molar-refractivity contribution in [3.05, 3.63) is 11.6 Å². The summed E-state index contributed by atoms with van der Waals surface area (Å²) < 4.78 is 11.0. The lowest BCUT2D eigenvalue weighted by Crippen LogP contribution is -2.59. The summed E-state index contributed by atoms with van der Waals surface area (Å²) in [6.07, 6.45) is 9.79. The summed E-state index contributed by atoms with van der Waals surface area (Å²) in [6.45, 7) is 3.77. The molecular formula is C28H43N5O5. The molecule has 5 rings (SSSR count). The quantitative estimate of drug-likeness (QED) is 0.173. The Kier molecular flexibility index (Phi) is 7.43. The van der Waals surface area contributed by atoms with Gasteiger partial charge in [0.05, 0.1) is 13.3 Å². The minimum atomic E-state index is -1.79. The monoisotopic (exact) mass is 529 g/mol. The van der Waals surface area contributed by atoms with Gasteiger partial charge in [-0.1, -0.05) is 24.5 Å². The van der Waals surface area contributed by atoms with Crippen LogP contribution in [0.2, 0.25) is 0 Å². The maximum Gasteiger partial charge on any atom is 0.349 e. The van der Waals surface area contributed by atoms with E-state index in [0.29, 0.717) is 18.8 Å². The summed E-state index contributed by atoms with van der Waals surface area (Å²) in [6, 6.07) is 0. The van der Waals surface area contributed by atoms with Gasteiger partial charge in [0.1, 0.15) is 0 Å². The lowest BCUT2D eigenvalue weighted by molar-refractivity contribution is -0.156. The van der Waals surface area contributed by atoms with Crippen molar-refractivity contribution in [1.29, 1.82) is 0 Å². The third-order valence-corrected chi connectivity index (χ3v) is 9.75. The highest BCUT2D eigenvalue weighted by Crippen LogP contribution is 2.61. The van der Waals surface area contributed by atoms with E-state index in [0.717, 1.165) is 69.6 Å². The van der Waals surface area contributed by atoms with Crippen LogP contribution in [0, 0.1) is 17.8 Å². The summed E-state index contributed by atoms with van der Waals surface area (Å²) in [5.74, 6) is -0.806. The van der Waals surface area contributed by atoms with E-state index in [2.05, 4.69) is 27.9 Å². The molecule has 0 amide bonds. The molecule has 0 spiro atoms. The molecule has 3 aliphatic heterocycles. The number of epoxide rings is 1. The summed E-state index contributed by atoms with van der Waals surface area (Å²) in [5, 5.41) is 10.5. The minimum absolute atomic E-state index is 0.0522. The Bertz CT molecular complexity index is 1040. The topological polar surface area (TPSA) is 147 Å². The number of esters is 1. The SMILES string of the molecule is CN=C1NCCC[C@](CC(C)=CC[C@@]23O[C@]2(C(=O)OC)C(=O)C2CCCCC2C3=O)(C2CCNC(N)C2)N1. The molecule has 5 N–H and O–H groups in total. The zero-order valence-electron chi connectivity index (χ0n) is 22.9. The molecule has 3 saturated heterocycles. The zero-order chi connectivity index (χ0) is 27.1. The maximum atomic E-state index is 13.8. The minimum Gasteiger partial charge on any atom is -0.466 e. The van der Waals surface area contributed by atoms with E-state index in [1.807, 2.05) is 6.08 Å². The average molecular weight is 530 g/mol. The number of nitrogens with two attached hydrogens (primary N) is 1. The van der Waals surface area contributed by atoms with Crippen molar-refractivity contribution >= 4 is 23.5 Å². The van der Waals surface area contributed by atoms with Crippen molar-refractivity contribution in [3.63, 3.8) is 0 Å². The zero-order valence-corrected chi connectivity index (χ0v) is 22.9. The molecular weight excluding hydrogens is 486 g/mol. The number of Topliss-reactive ketones (excluding diaryl/α,β-unsaturated/α-hetero) is 2. The summed E-state index contributed by atoms with van der Waals surface area (Å²) in [5.41, 5.74) is 3.91. The fourth-order valence-electron chi connectivity index (χ4n) is 7.78. The van der Waals surface area contributed by atoms with Gasteiger partial charge >= 0.3 is 5.97 Å². The number of nitrogens with zero attached hydrogens (tertiary/aromatic N) is 1. The number of ether oxygens (including phenoxy) is 2. The fraction of sp³-hybridized carbons (Fsp3) is 0.786. The van der Waals surface area contributed by atoms with Crippen LogP contribution >= 0.6 is 0 Å². The number of piperidine rings is 1. The second-order valence-electron chi connectivity index (χ2n) is 11.9. The standard InChI is InChI=1S/C28H43N5O5/c1-17(16-26(18-10-14-31-21(29)15-18)11-6-13-32-25(30-2)33-26)9-12-27-22(34)19-7-4-5-8-20(19)23(35)28(27,38-27)24(36)37-3/h9,18-21,31H,4-8,10-16,29H2,1-3H3,(H2,30,32,33)/t18?,19?,20?,21?,26-,27-,28-/m0/s1. The lowest BCUT2D eigenvalue weighted by atomic mass is 9.61. The molecule has 2 aliphatic carbocycles. The van der Waals surface area contributed by atoms with Crippen LogP contribution in [-0.4, -0.2) is 73.6 Å². The van der Waals surface area contributed by atoms with E-state index in [-0.39, 0.29) is 35.6 Å². The number of methoxy groups -OCH3 is 1. The molecule has 7 atom stereocenters. The van der Waals surface area contributed by atoms with Crippen LogP contribution in [0.3, 0.4) is 0 Å². The smallest absolute Gasteiger partial charge is 0.349 e. The van der Waals surface area contributed by atoms with E-state index in [4.69, 9.17) is 15.2 Å². The Morgan fingerprint density at radius 2 is 1.89 bits per heavy atom. The van der Waals surface area contributed by atoms with Crippen LogP contribution in [0.5, 0.6) is 0 Å². The number of guanidine groups is 1. The normalized spacial score (nSPS) is 42.3. The van der Waals surface area contributed by atoms with Crippen LogP contribution < -0.4 is 21.7 Å². The van der Waals surface area contributed by atoms with Gasteiger partial charge in [0.2, 0.25) is 0 Å². The first kappa shape index (κ1) is 27.3. The first-order valence-corrected chi connectivity index (χ1v) is 14.2. The summed E-state index contributed by atoms with van der Waals surface area (Å²) >= 11 is 0. The van der Waals surface area contributed by atoms with Crippen molar-refractivity contribution in [2.75, 3.05) is 27.2 Å². The predicted molar refractivity (Wildman–Crippen MR) is 142 cm³/mol. The second-order valence-corrected chi connectivity index (χ2v) is 11.9. The molecule has 0 bridgehead atoms. The van der Waals surface area contributed by atoms with Gasteiger partial charge in [-0.3, -0.25) is 14.6 Å². The van der Waals surface area contributed by atoms with Crippen molar-refractivity contribution < 1.29 is 23.9 Å². The number of rotatable bonds is 6. The Labute approximate surface area is 224 Å². The molecule has 0 aromatic rings. The number of fused-ring (bicyclic) bond motifs is 2. The van der Waals surface area contributed by atoms with Gasteiger partial charge in [-0.05, 0) is 64.3 Å². The van der Waals surface area contributed by atoms with Crippen molar-refractivity contribution in [3.8, 4) is 0 Å². The molecule has 10 nitrogen and oxygen atoms in total. The van der Waals surface area contributed by atoms with Gasteiger partial charge in [0, 0.05) is 37.4 Å². The van der Waals surface area contributed by atoms with Crippen LogP contribution in [-0.2, 0) is 23.9 Å². The molecule has 210 valence electrons. The van der Waals surface area contributed by atoms with Crippen molar-refractivity contribution in [2.24, 2.45) is 28.5 Å². The molecule has 5 fully saturated rings. The van der Waals surface area contributed by atoms with E-state index in [1.54, 1.807) is 7.05 Å².